The number of amides is 1. The van der Waals surface area contributed by atoms with Gasteiger partial charge in [-0.25, -0.2) is 0 Å². The van der Waals surface area contributed by atoms with Crippen LogP contribution in [0.1, 0.15) is 6.42 Å². The molecule has 0 saturated carbocycles. The molecule has 1 amide bonds. The fourth-order valence-electron chi connectivity index (χ4n) is 1.56. The van der Waals surface area contributed by atoms with Gasteiger partial charge >= 0.3 is 0 Å². The van der Waals surface area contributed by atoms with Gasteiger partial charge in [0, 0.05) is 10.1 Å². The number of benzene rings is 1. The molecule has 2 nitrogen and oxygen atoms in total. The Kier molecular flexibility index (Phi) is 3.11. The molecule has 14 heavy (non-hydrogen) atoms. The summed E-state index contributed by atoms with van der Waals surface area (Å²) in [5.41, 5.74) is 1.03. The number of carbonyl (C=O) groups is 1. The first-order chi connectivity index (χ1) is 6.70. The number of para-hydroxylation sites is 1. The number of halogens is 2. The predicted octanol–water partition coefficient (Wildman–Crippen LogP) is 2.79. The molecule has 1 aromatic carbocycles. The Morgan fingerprint density at radius 3 is 2.71 bits per heavy atom. The second-order valence-electron chi connectivity index (χ2n) is 3.20. The summed E-state index contributed by atoms with van der Waals surface area (Å²) in [6.45, 7) is 0.814. The molecule has 0 spiro atoms. The third-order valence-electron chi connectivity index (χ3n) is 2.28. The van der Waals surface area contributed by atoms with Crippen LogP contribution in [0.15, 0.2) is 24.3 Å². The van der Waals surface area contributed by atoms with Crippen molar-refractivity contribution in [3.63, 3.8) is 0 Å². The van der Waals surface area contributed by atoms with E-state index in [4.69, 9.17) is 0 Å². The third-order valence-corrected chi connectivity index (χ3v) is 4.05. The van der Waals surface area contributed by atoms with Crippen LogP contribution in [-0.4, -0.2) is 17.3 Å². The molecule has 0 bridgehead atoms. The lowest BCUT2D eigenvalue weighted by Gasteiger charge is -2.17. The van der Waals surface area contributed by atoms with Crippen LogP contribution in [0.5, 0.6) is 0 Å². The van der Waals surface area contributed by atoms with Gasteiger partial charge in [-0.3, -0.25) is 4.79 Å². The van der Waals surface area contributed by atoms with Gasteiger partial charge in [0.2, 0.25) is 5.91 Å². The molecule has 1 saturated heterocycles. The number of alkyl halides is 1. The lowest BCUT2D eigenvalue weighted by Crippen LogP contribution is -2.27. The van der Waals surface area contributed by atoms with Gasteiger partial charge in [0.25, 0.3) is 0 Å². The van der Waals surface area contributed by atoms with Crippen molar-refractivity contribution in [3.05, 3.63) is 27.8 Å². The highest BCUT2D eigenvalue weighted by Crippen LogP contribution is 2.28. The smallest absolute Gasteiger partial charge is 0.240 e. The minimum atomic E-state index is -0.00138. The van der Waals surface area contributed by atoms with Crippen molar-refractivity contribution in [1.82, 2.24) is 0 Å². The van der Waals surface area contributed by atoms with Gasteiger partial charge in [-0.2, -0.15) is 0 Å². The van der Waals surface area contributed by atoms with Crippen LogP contribution in [0.25, 0.3) is 0 Å². The van der Waals surface area contributed by atoms with Crippen molar-refractivity contribution in [2.24, 2.45) is 0 Å². The quantitative estimate of drug-likeness (QED) is 0.553. The average molecular weight is 366 g/mol. The summed E-state index contributed by atoms with van der Waals surface area (Å²) < 4.78 is 1.13. The van der Waals surface area contributed by atoms with E-state index in [0.717, 1.165) is 22.2 Å². The van der Waals surface area contributed by atoms with Crippen molar-refractivity contribution >= 4 is 50.1 Å². The number of hydrogen-bond donors (Lipinski definition) is 0. The molecule has 0 aliphatic carbocycles. The highest BCUT2D eigenvalue weighted by atomic mass is 127. The van der Waals surface area contributed by atoms with E-state index in [1.165, 1.54) is 0 Å². The van der Waals surface area contributed by atoms with E-state index in [2.05, 4.69) is 38.5 Å². The van der Waals surface area contributed by atoms with Crippen molar-refractivity contribution in [3.8, 4) is 0 Å². The van der Waals surface area contributed by atoms with Crippen LogP contribution in [-0.2, 0) is 4.79 Å². The number of carbonyl (C=O) groups excluding carboxylic acids is 1. The first kappa shape index (κ1) is 10.4. The van der Waals surface area contributed by atoms with Gasteiger partial charge in [0.1, 0.15) is 0 Å². The van der Waals surface area contributed by atoms with E-state index < -0.39 is 0 Å². The number of hydrogen-bond acceptors (Lipinski definition) is 1. The summed E-state index contributed by atoms with van der Waals surface area (Å²) >= 11 is 5.63. The largest absolute Gasteiger partial charge is 0.310 e. The molecule has 0 radical (unpaired) electrons. The molecule has 0 aromatic heterocycles. The summed E-state index contributed by atoms with van der Waals surface area (Å²) in [5, 5.41) is 0. The van der Waals surface area contributed by atoms with E-state index in [9.17, 15) is 4.79 Å². The Bertz CT molecular complexity index is 369. The Balaban J connectivity index is 2.33. The molecular formula is C10H9BrINO. The first-order valence-corrected chi connectivity index (χ1v) is 6.39. The second-order valence-corrected chi connectivity index (χ2v) is 5.47. The standard InChI is InChI=1S/C10H9BrINO/c11-7-5-6-13(10(7)14)9-4-2-1-3-8(9)12/h1-4,7H,5-6H2. The van der Waals surface area contributed by atoms with Gasteiger partial charge in [-0.05, 0) is 41.1 Å². The Hall–Kier alpha value is -0.100. The van der Waals surface area contributed by atoms with Crippen LogP contribution in [0, 0.1) is 3.57 Å². The molecule has 1 unspecified atom stereocenters. The maximum absolute atomic E-state index is 11.7. The van der Waals surface area contributed by atoms with E-state index in [-0.39, 0.29) is 10.7 Å². The molecule has 1 aliphatic rings. The topological polar surface area (TPSA) is 20.3 Å². The molecule has 1 aliphatic heterocycles. The van der Waals surface area contributed by atoms with Crippen molar-refractivity contribution in [1.29, 1.82) is 0 Å². The zero-order chi connectivity index (χ0) is 10.1. The number of nitrogens with zero attached hydrogens (tertiary/aromatic N) is 1. The molecule has 4 heteroatoms. The van der Waals surface area contributed by atoms with Crippen molar-refractivity contribution in [2.75, 3.05) is 11.4 Å². The number of anilines is 1. The zero-order valence-corrected chi connectivity index (χ0v) is 11.2. The molecule has 1 fully saturated rings. The fourth-order valence-corrected chi connectivity index (χ4v) is 2.69. The highest BCUT2D eigenvalue weighted by Gasteiger charge is 2.30. The lowest BCUT2D eigenvalue weighted by atomic mass is 10.3. The third kappa shape index (κ3) is 1.82. The van der Waals surface area contributed by atoms with Crippen LogP contribution >= 0.6 is 38.5 Å². The van der Waals surface area contributed by atoms with E-state index in [1.54, 1.807) is 0 Å². The Morgan fingerprint density at radius 1 is 1.43 bits per heavy atom. The molecule has 74 valence electrons. The first-order valence-electron chi connectivity index (χ1n) is 4.40. The van der Waals surface area contributed by atoms with Crippen LogP contribution in [0.3, 0.4) is 0 Å². The summed E-state index contributed by atoms with van der Waals surface area (Å²) in [6.07, 6.45) is 0.893. The van der Waals surface area contributed by atoms with E-state index >= 15 is 0 Å². The molecule has 2 rings (SSSR count). The maximum Gasteiger partial charge on any atom is 0.240 e. The summed E-state index contributed by atoms with van der Waals surface area (Å²) in [5.74, 6) is 0.175. The molecule has 0 N–H and O–H groups in total. The second kappa shape index (κ2) is 4.18. The van der Waals surface area contributed by atoms with Gasteiger partial charge < -0.3 is 4.90 Å². The monoisotopic (exact) mass is 365 g/mol. The van der Waals surface area contributed by atoms with Crippen LogP contribution < -0.4 is 4.90 Å². The van der Waals surface area contributed by atoms with E-state index in [1.807, 2.05) is 29.2 Å². The highest BCUT2D eigenvalue weighted by molar-refractivity contribution is 14.1. The normalized spacial score (nSPS) is 21.7. The van der Waals surface area contributed by atoms with Crippen molar-refractivity contribution < 1.29 is 4.79 Å². The molecule has 1 atom stereocenters. The summed E-state index contributed by atoms with van der Waals surface area (Å²) in [7, 11) is 0. The summed E-state index contributed by atoms with van der Waals surface area (Å²) in [6, 6.07) is 7.96. The van der Waals surface area contributed by atoms with Gasteiger partial charge in [-0.1, -0.05) is 28.1 Å². The maximum atomic E-state index is 11.7. The van der Waals surface area contributed by atoms with Crippen LogP contribution in [0.4, 0.5) is 5.69 Å². The number of rotatable bonds is 1. The lowest BCUT2D eigenvalue weighted by molar-refractivity contribution is -0.116. The van der Waals surface area contributed by atoms with E-state index in [0.29, 0.717) is 0 Å². The molecule has 1 heterocycles. The minimum Gasteiger partial charge on any atom is -0.310 e. The Morgan fingerprint density at radius 2 is 2.14 bits per heavy atom. The minimum absolute atomic E-state index is 0.00138. The zero-order valence-electron chi connectivity index (χ0n) is 7.41. The average Bonchev–Trinajstić information content (AvgIpc) is 2.49. The summed E-state index contributed by atoms with van der Waals surface area (Å²) in [4.78, 5) is 13.6. The SMILES string of the molecule is O=C1C(Br)CCN1c1ccccc1I. The molecular weight excluding hydrogens is 357 g/mol. The van der Waals surface area contributed by atoms with Gasteiger partial charge in [-0.15, -0.1) is 0 Å². The van der Waals surface area contributed by atoms with Crippen molar-refractivity contribution in [2.45, 2.75) is 11.2 Å². The van der Waals surface area contributed by atoms with Gasteiger partial charge in [0.05, 0.1) is 10.5 Å². The van der Waals surface area contributed by atoms with Crippen LogP contribution in [0.2, 0.25) is 0 Å². The van der Waals surface area contributed by atoms with Gasteiger partial charge in [0.15, 0.2) is 0 Å². The molecule has 1 aromatic rings. The fraction of sp³-hybridized carbons (Fsp3) is 0.300. The Labute approximate surface area is 105 Å². The predicted molar refractivity (Wildman–Crippen MR) is 68.8 cm³/mol.